The lowest BCUT2D eigenvalue weighted by Gasteiger charge is -2.47. The summed E-state index contributed by atoms with van der Waals surface area (Å²) in [6.45, 7) is 10.1. The van der Waals surface area contributed by atoms with Crippen LogP contribution >= 0.6 is 0 Å². The summed E-state index contributed by atoms with van der Waals surface area (Å²) in [7, 11) is 0. The summed E-state index contributed by atoms with van der Waals surface area (Å²) in [5.41, 5.74) is 0.644. The van der Waals surface area contributed by atoms with Gasteiger partial charge in [-0.25, -0.2) is 0 Å². The molecule has 3 atom stereocenters. The van der Waals surface area contributed by atoms with Gasteiger partial charge in [0.25, 0.3) is 0 Å². The second-order valence-electron chi connectivity index (χ2n) is 5.11. The molecule has 0 aromatic carbocycles. The molecule has 1 aliphatic carbocycles. The van der Waals surface area contributed by atoms with Crippen LogP contribution in [0.5, 0.6) is 0 Å². The predicted octanol–water partition coefficient (Wildman–Crippen LogP) is 3.59. The number of piperidine rings is 1. The molecule has 1 heterocycles. The van der Waals surface area contributed by atoms with Gasteiger partial charge in [0.05, 0.1) is 0 Å². The molecule has 14 heavy (non-hydrogen) atoms. The van der Waals surface area contributed by atoms with E-state index < -0.39 is 0 Å². The highest BCUT2D eigenvalue weighted by Gasteiger charge is 2.39. The SMILES string of the molecule is CC.CC1C[C@H]2CCCC[C@@]2(C)CN1. The molecular formula is C13H27N. The Bertz CT molecular complexity index is 167. The first-order valence-corrected chi connectivity index (χ1v) is 6.44. The van der Waals surface area contributed by atoms with Gasteiger partial charge in [0.15, 0.2) is 0 Å². The number of hydrogen-bond donors (Lipinski definition) is 1. The van der Waals surface area contributed by atoms with Gasteiger partial charge in [0.2, 0.25) is 0 Å². The van der Waals surface area contributed by atoms with Crippen LogP contribution in [0.1, 0.15) is 59.8 Å². The van der Waals surface area contributed by atoms with E-state index in [2.05, 4.69) is 19.2 Å². The summed E-state index contributed by atoms with van der Waals surface area (Å²) < 4.78 is 0. The van der Waals surface area contributed by atoms with Crippen molar-refractivity contribution in [2.45, 2.75) is 65.8 Å². The molecule has 2 rings (SSSR count). The highest BCUT2D eigenvalue weighted by atomic mass is 14.9. The van der Waals surface area contributed by atoms with Gasteiger partial charge >= 0.3 is 0 Å². The minimum Gasteiger partial charge on any atom is -0.314 e. The monoisotopic (exact) mass is 197 g/mol. The Labute approximate surface area is 89.7 Å². The van der Waals surface area contributed by atoms with E-state index in [9.17, 15) is 0 Å². The first-order valence-electron chi connectivity index (χ1n) is 6.44. The minimum atomic E-state index is 0.644. The largest absolute Gasteiger partial charge is 0.314 e. The van der Waals surface area contributed by atoms with Crippen LogP contribution in [0.15, 0.2) is 0 Å². The van der Waals surface area contributed by atoms with Crippen LogP contribution in [0.3, 0.4) is 0 Å². The van der Waals surface area contributed by atoms with Crippen LogP contribution in [0.2, 0.25) is 0 Å². The number of rotatable bonds is 0. The van der Waals surface area contributed by atoms with Gasteiger partial charge in [-0.3, -0.25) is 0 Å². The van der Waals surface area contributed by atoms with Gasteiger partial charge in [-0.2, -0.15) is 0 Å². The fourth-order valence-electron chi connectivity index (χ4n) is 3.02. The lowest BCUT2D eigenvalue weighted by atomic mass is 9.63. The Kier molecular flexibility index (Phi) is 4.43. The molecule has 2 aliphatic rings. The van der Waals surface area contributed by atoms with Crippen molar-refractivity contribution in [3.05, 3.63) is 0 Å². The Hall–Kier alpha value is -0.0400. The van der Waals surface area contributed by atoms with Crippen LogP contribution in [-0.2, 0) is 0 Å². The molecule has 0 amide bonds. The number of nitrogens with one attached hydrogen (secondary N) is 1. The first-order chi connectivity index (χ1) is 6.71. The predicted molar refractivity (Wildman–Crippen MR) is 63.5 cm³/mol. The maximum Gasteiger partial charge on any atom is 0.00418 e. The van der Waals surface area contributed by atoms with Gasteiger partial charge in [-0.1, -0.05) is 33.6 Å². The summed E-state index contributed by atoms with van der Waals surface area (Å²) in [6.07, 6.45) is 7.30. The minimum absolute atomic E-state index is 0.644. The Morgan fingerprint density at radius 2 is 1.93 bits per heavy atom. The van der Waals surface area contributed by atoms with Crippen LogP contribution in [0, 0.1) is 11.3 Å². The van der Waals surface area contributed by atoms with Crippen molar-refractivity contribution in [3.63, 3.8) is 0 Å². The van der Waals surface area contributed by atoms with Gasteiger partial charge in [0, 0.05) is 12.6 Å². The molecule has 1 heteroatoms. The summed E-state index contributed by atoms with van der Waals surface area (Å²) in [5.74, 6) is 1.02. The molecule has 1 nitrogen and oxygen atoms in total. The molecule has 1 N–H and O–H groups in total. The van der Waals surface area contributed by atoms with E-state index in [1.165, 1.54) is 38.6 Å². The molecule has 1 unspecified atom stereocenters. The van der Waals surface area contributed by atoms with Crippen molar-refractivity contribution in [1.82, 2.24) is 5.32 Å². The second kappa shape index (κ2) is 5.16. The van der Waals surface area contributed by atoms with Crippen LogP contribution in [0.25, 0.3) is 0 Å². The average molecular weight is 197 g/mol. The molecule has 0 aromatic heterocycles. The van der Waals surface area contributed by atoms with E-state index in [1.54, 1.807) is 0 Å². The van der Waals surface area contributed by atoms with Crippen LogP contribution in [-0.4, -0.2) is 12.6 Å². The highest BCUT2D eigenvalue weighted by molar-refractivity contribution is 4.93. The molecule has 0 aromatic rings. The van der Waals surface area contributed by atoms with Crippen molar-refractivity contribution in [2.24, 2.45) is 11.3 Å². The summed E-state index contributed by atoms with van der Waals surface area (Å²) in [6, 6.07) is 0.765. The van der Waals surface area contributed by atoms with Crippen molar-refractivity contribution in [3.8, 4) is 0 Å². The zero-order valence-electron chi connectivity index (χ0n) is 10.4. The van der Waals surface area contributed by atoms with Crippen molar-refractivity contribution < 1.29 is 0 Å². The zero-order valence-corrected chi connectivity index (χ0v) is 10.4. The van der Waals surface area contributed by atoms with Gasteiger partial charge in [-0.05, 0) is 37.5 Å². The van der Waals surface area contributed by atoms with Crippen LogP contribution in [0.4, 0.5) is 0 Å². The number of fused-ring (bicyclic) bond motifs is 1. The molecule has 84 valence electrons. The normalized spacial score (nSPS) is 42.0. The quantitative estimate of drug-likeness (QED) is 0.626. The third-order valence-corrected chi connectivity index (χ3v) is 4.03. The summed E-state index contributed by atoms with van der Waals surface area (Å²) in [5, 5.41) is 3.62. The van der Waals surface area contributed by atoms with Crippen molar-refractivity contribution in [1.29, 1.82) is 0 Å². The van der Waals surface area contributed by atoms with Gasteiger partial charge in [-0.15, -0.1) is 0 Å². The second-order valence-corrected chi connectivity index (χ2v) is 5.11. The van der Waals surface area contributed by atoms with E-state index in [-0.39, 0.29) is 0 Å². The van der Waals surface area contributed by atoms with Gasteiger partial charge in [0.1, 0.15) is 0 Å². The topological polar surface area (TPSA) is 12.0 Å². The summed E-state index contributed by atoms with van der Waals surface area (Å²) in [4.78, 5) is 0. The molecule has 0 spiro atoms. The van der Waals surface area contributed by atoms with E-state index >= 15 is 0 Å². The third kappa shape index (κ3) is 2.50. The summed E-state index contributed by atoms with van der Waals surface area (Å²) >= 11 is 0. The standard InChI is InChI=1S/C11H21N.C2H6/c1-9-7-10-5-3-4-6-11(10,2)8-12-9;1-2/h9-10,12H,3-8H2,1-2H3;1-2H3/t9?,10-,11+;/m1./s1. The Balaban J connectivity index is 0.000000461. The molecule has 1 saturated heterocycles. The Morgan fingerprint density at radius 1 is 1.21 bits per heavy atom. The smallest absolute Gasteiger partial charge is 0.00418 e. The van der Waals surface area contributed by atoms with Crippen molar-refractivity contribution in [2.75, 3.05) is 6.54 Å². The third-order valence-electron chi connectivity index (χ3n) is 4.03. The van der Waals surface area contributed by atoms with Gasteiger partial charge < -0.3 is 5.32 Å². The maximum atomic E-state index is 3.62. The Morgan fingerprint density at radius 3 is 2.64 bits per heavy atom. The lowest BCUT2D eigenvalue weighted by Crippen LogP contribution is -2.50. The van der Waals surface area contributed by atoms with E-state index in [0.29, 0.717) is 5.41 Å². The zero-order chi connectivity index (χ0) is 10.6. The van der Waals surface area contributed by atoms with E-state index in [0.717, 1.165) is 12.0 Å². The van der Waals surface area contributed by atoms with E-state index in [4.69, 9.17) is 0 Å². The molecule has 0 bridgehead atoms. The molecular weight excluding hydrogens is 170 g/mol. The molecule has 1 saturated carbocycles. The van der Waals surface area contributed by atoms with Crippen molar-refractivity contribution >= 4 is 0 Å². The fraction of sp³-hybridized carbons (Fsp3) is 1.00. The highest BCUT2D eigenvalue weighted by Crippen LogP contribution is 2.44. The maximum absolute atomic E-state index is 3.62. The fourth-order valence-corrected chi connectivity index (χ4v) is 3.02. The van der Waals surface area contributed by atoms with Crippen LogP contribution < -0.4 is 5.32 Å². The molecule has 1 aliphatic heterocycles. The average Bonchev–Trinajstić information content (AvgIpc) is 2.22. The first kappa shape index (κ1) is 12.0. The number of hydrogen-bond acceptors (Lipinski definition) is 1. The lowest BCUT2D eigenvalue weighted by molar-refractivity contribution is 0.0621. The molecule has 0 radical (unpaired) electrons. The van der Waals surface area contributed by atoms with E-state index in [1.807, 2.05) is 13.8 Å². The molecule has 2 fully saturated rings.